The van der Waals surface area contributed by atoms with Crippen molar-refractivity contribution in [2.45, 2.75) is 26.8 Å². The maximum Gasteiger partial charge on any atom is 0.182 e. The molecule has 0 saturated carbocycles. The third-order valence-electron chi connectivity index (χ3n) is 2.97. The Morgan fingerprint density at radius 3 is 2.89 bits per heavy atom. The van der Waals surface area contributed by atoms with Gasteiger partial charge in [0.2, 0.25) is 0 Å². The maximum atomic E-state index is 13.4. The highest BCUT2D eigenvalue weighted by Crippen LogP contribution is 2.21. The molecule has 96 valence electrons. The number of nitrogen functional groups attached to an aromatic ring is 1. The van der Waals surface area contributed by atoms with Gasteiger partial charge in [-0.2, -0.15) is 0 Å². The van der Waals surface area contributed by atoms with Gasteiger partial charge < -0.3 is 5.73 Å². The maximum absolute atomic E-state index is 13.4. The molecule has 1 unspecified atom stereocenters. The molecule has 1 aromatic carbocycles. The lowest BCUT2D eigenvalue weighted by Gasteiger charge is -2.09. The fourth-order valence-electron chi connectivity index (χ4n) is 1.62. The molecule has 0 bridgehead atoms. The molecule has 0 saturated heterocycles. The molecule has 1 aromatic heterocycles. The molecular formula is C12H16FN5. The van der Waals surface area contributed by atoms with Crippen LogP contribution in [0.15, 0.2) is 18.2 Å². The molecule has 0 aliphatic rings. The summed E-state index contributed by atoms with van der Waals surface area (Å²) in [4.78, 5) is 0. The smallest absolute Gasteiger partial charge is 0.182 e. The first-order chi connectivity index (χ1) is 8.61. The first kappa shape index (κ1) is 12.5. The van der Waals surface area contributed by atoms with Crippen LogP contribution in [0, 0.1) is 11.7 Å². The van der Waals surface area contributed by atoms with Gasteiger partial charge in [0.15, 0.2) is 5.82 Å². The molecule has 0 radical (unpaired) electrons. The van der Waals surface area contributed by atoms with E-state index in [2.05, 4.69) is 29.4 Å². The SMILES string of the molecule is CCC(C)Cn1nnnc1-c1ccc(N)c(F)c1. The number of halogens is 1. The zero-order chi connectivity index (χ0) is 13.1. The van der Waals surface area contributed by atoms with Gasteiger partial charge in [-0.05, 0) is 34.5 Å². The Morgan fingerprint density at radius 1 is 1.44 bits per heavy atom. The van der Waals surface area contributed by atoms with Crippen molar-refractivity contribution in [3.8, 4) is 11.4 Å². The second-order valence-electron chi connectivity index (χ2n) is 4.43. The van der Waals surface area contributed by atoms with Crippen LogP contribution in [0.25, 0.3) is 11.4 Å². The molecule has 0 fully saturated rings. The summed E-state index contributed by atoms with van der Waals surface area (Å²) in [6.07, 6.45) is 1.04. The van der Waals surface area contributed by atoms with Crippen LogP contribution in [0.1, 0.15) is 20.3 Å². The van der Waals surface area contributed by atoms with E-state index in [0.29, 0.717) is 23.9 Å². The van der Waals surface area contributed by atoms with Crippen molar-refractivity contribution in [2.24, 2.45) is 5.92 Å². The minimum Gasteiger partial charge on any atom is -0.396 e. The zero-order valence-electron chi connectivity index (χ0n) is 10.5. The monoisotopic (exact) mass is 249 g/mol. The Hall–Kier alpha value is -1.98. The van der Waals surface area contributed by atoms with Crippen LogP contribution in [0.3, 0.4) is 0 Å². The number of benzene rings is 1. The van der Waals surface area contributed by atoms with E-state index in [9.17, 15) is 4.39 Å². The van der Waals surface area contributed by atoms with Gasteiger partial charge in [0.05, 0.1) is 5.69 Å². The number of tetrazole rings is 1. The highest BCUT2D eigenvalue weighted by atomic mass is 19.1. The number of hydrogen-bond acceptors (Lipinski definition) is 4. The van der Waals surface area contributed by atoms with E-state index in [4.69, 9.17) is 5.73 Å². The summed E-state index contributed by atoms with van der Waals surface area (Å²) in [7, 11) is 0. The highest BCUT2D eigenvalue weighted by molar-refractivity contribution is 5.58. The lowest BCUT2D eigenvalue weighted by molar-refractivity contribution is 0.434. The summed E-state index contributed by atoms with van der Waals surface area (Å²) in [5.41, 5.74) is 6.21. The number of nitrogens with two attached hydrogens (primary N) is 1. The summed E-state index contributed by atoms with van der Waals surface area (Å²) < 4.78 is 15.1. The summed E-state index contributed by atoms with van der Waals surface area (Å²) in [6.45, 7) is 4.94. The van der Waals surface area contributed by atoms with Gasteiger partial charge in [0.25, 0.3) is 0 Å². The van der Waals surface area contributed by atoms with Crippen molar-refractivity contribution in [2.75, 3.05) is 5.73 Å². The third-order valence-corrected chi connectivity index (χ3v) is 2.97. The quantitative estimate of drug-likeness (QED) is 0.842. The van der Waals surface area contributed by atoms with Gasteiger partial charge in [-0.15, -0.1) is 5.10 Å². The normalized spacial score (nSPS) is 12.6. The molecule has 5 nitrogen and oxygen atoms in total. The Bertz CT molecular complexity index is 537. The minimum atomic E-state index is -0.453. The first-order valence-electron chi connectivity index (χ1n) is 5.93. The molecule has 1 atom stereocenters. The Kier molecular flexibility index (Phi) is 3.55. The largest absolute Gasteiger partial charge is 0.396 e. The molecule has 0 aliphatic carbocycles. The van der Waals surface area contributed by atoms with E-state index >= 15 is 0 Å². The molecule has 2 rings (SSSR count). The molecule has 0 aliphatic heterocycles. The van der Waals surface area contributed by atoms with Crippen LogP contribution in [0.5, 0.6) is 0 Å². The van der Waals surface area contributed by atoms with Crippen LogP contribution >= 0.6 is 0 Å². The van der Waals surface area contributed by atoms with Gasteiger partial charge in [-0.3, -0.25) is 0 Å². The van der Waals surface area contributed by atoms with Crippen molar-refractivity contribution in [3.63, 3.8) is 0 Å². The average molecular weight is 249 g/mol. The van der Waals surface area contributed by atoms with Crippen LogP contribution in [0.2, 0.25) is 0 Å². The van der Waals surface area contributed by atoms with E-state index in [1.54, 1.807) is 10.7 Å². The van der Waals surface area contributed by atoms with Gasteiger partial charge in [0.1, 0.15) is 5.82 Å². The van der Waals surface area contributed by atoms with E-state index < -0.39 is 5.82 Å². The predicted octanol–water partition coefficient (Wildman–Crippen LogP) is 2.11. The average Bonchev–Trinajstić information content (AvgIpc) is 2.80. The van der Waals surface area contributed by atoms with Crippen molar-refractivity contribution in [1.82, 2.24) is 20.2 Å². The second kappa shape index (κ2) is 5.12. The molecule has 2 aromatic rings. The van der Waals surface area contributed by atoms with Crippen LogP contribution in [-0.2, 0) is 6.54 Å². The molecule has 6 heteroatoms. The summed E-state index contributed by atoms with van der Waals surface area (Å²) in [5.74, 6) is 0.575. The zero-order valence-corrected chi connectivity index (χ0v) is 10.5. The lowest BCUT2D eigenvalue weighted by Crippen LogP contribution is -2.10. The number of hydrogen-bond donors (Lipinski definition) is 1. The molecule has 18 heavy (non-hydrogen) atoms. The van der Waals surface area contributed by atoms with Crippen LogP contribution in [0.4, 0.5) is 10.1 Å². The number of nitrogens with zero attached hydrogens (tertiary/aromatic N) is 4. The summed E-state index contributed by atoms with van der Waals surface area (Å²) >= 11 is 0. The number of rotatable bonds is 4. The van der Waals surface area contributed by atoms with E-state index in [1.807, 2.05) is 0 Å². The van der Waals surface area contributed by atoms with Gasteiger partial charge in [-0.1, -0.05) is 20.3 Å². The fourth-order valence-corrected chi connectivity index (χ4v) is 1.62. The topological polar surface area (TPSA) is 69.6 Å². The van der Waals surface area contributed by atoms with Gasteiger partial charge in [-0.25, -0.2) is 9.07 Å². The summed E-state index contributed by atoms with van der Waals surface area (Å²) in [6, 6.07) is 4.60. The van der Waals surface area contributed by atoms with Crippen molar-refractivity contribution >= 4 is 5.69 Å². The van der Waals surface area contributed by atoms with Gasteiger partial charge in [0, 0.05) is 12.1 Å². The van der Waals surface area contributed by atoms with Crippen molar-refractivity contribution in [3.05, 3.63) is 24.0 Å². The molecule has 2 N–H and O–H groups in total. The van der Waals surface area contributed by atoms with Crippen LogP contribution in [-0.4, -0.2) is 20.2 Å². The first-order valence-corrected chi connectivity index (χ1v) is 5.93. The predicted molar refractivity (Wildman–Crippen MR) is 67.1 cm³/mol. The number of aromatic nitrogens is 4. The lowest BCUT2D eigenvalue weighted by atomic mass is 10.1. The second-order valence-corrected chi connectivity index (χ2v) is 4.43. The highest BCUT2D eigenvalue weighted by Gasteiger charge is 2.12. The minimum absolute atomic E-state index is 0.125. The third kappa shape index (κ3) is 2.47. The van der Waals surface area contributed by atoms with E-state index in [-0.39, 0.29) is 5.69 Å². The Balaban J connectivity index is 2.33. The van der Waals surface area contributed by atoms with Crippen molar-refractivity contribution in [1.29, 1.82) is 0 Å². The molecule has 0 spiro atoms. The summed E-state index contributed by atoms with van der Waals surface area (Å²) in [5, 5.41) is 11.5. The van der Waals surface area contributed by atoms with E-state index in [1.165, 1.54) is 12.1 Å². The Morgan fingerprint density at radius 2 is 2.22 bits per heavy atom. The Labute approximate surface area is 105 Å². The fraction of sp³-hybridized carbons (Fsp3) is 0.417. The van der Waals surface area contributed by atoms with E-state index in [0.717, 1.165) is 6.42 Å². The molecule has 1 heterocycles. The number of anilines is 1. The van der Waals surface area contributed by atoms with Gasteiger partial charge >= 0.3 is 0 Å². The molecular weight excluding hydrogens is 233 g/mol. The van der Waals surface area contributed by atoms with Crippen molar-refractivity contribution < 1.29 is 4.39 Å². The van der Waals surface area contributed by atoms with Crippen LogP contribution < -0.4 is 5.73 Å². The standard InChI is InChI=1S/C12H16FN5/c1-3-8(2)7-18-12(15-16-17-18)9-4-5-11(14)10(13)6-9/h4-6,8H,3,7,14H2,1-2H3. The molecule has 0 amide bonds.